The molecule has 1 aromatic carbocycles. The Bertz CT molecular complexity index is 424. The Morgan fingerprint density at radius 3 is 2.14 bits per heavy atom. The third-order valence-corrected chi connectivity index (χ3v) is 3.50. The minimum atomic E-state index is -0.185. The van der Waals surface area contributed by atoms with Crippen molar-refractivity contribution in [1.29, 1.82) is 0 Å². The number of nitrogens with zero attached hydrogens (tertiary/aromatic N) is 1. The molecule has 1 aromatic rings. The molecule has 0 saturated heterocycles. The molecule has 1 unspecified atom stereocenters. The smallest absolute Gasteiger partial charge is 0.237 e. The van der Waals surface area contributed by atoms with Crippen molar-refractivity contribution in [2.45, 2.75) is 53.2 Å². The van der Waals surface area contributed by atoms with E-state index in [1.807, 2.05) is 20.8 Å². The Balaban J connectivity index is 2.51. The highest BCUT2D eigenvalue weighted by Crippen LogP contribution is 2.14. The monoisotopic (exact) mass is 291 g/mol. The molecule has 0 radical (unpaired) electrons. The number of benzene rings is 1. The van der Waals surface area contributed by atoms with E-state index < -0.39 is 0 Å². The van der Waals surface area contributed by atoms with E-state index >= 15 is 0 Å². The highest BCUT2D eigenvalue weighted by Gasteiger charge is 2.12. The molecule has 4 heteroatoms. The van der Waals surface area contributed by atoms with Crippen LogP contribution in [-0.2, 0) is 11.3 Å². The molecule has 4 nitrogen and oxygen atoms in total. The maximum Gasteiger partial charge on any atom is 0.237 e. The van der Waals surface area contributed by atoms with E-state index in [0.29, 0.717) is 6.54 Å². The van der Waals surface area contributed by atoms with Gasteiger partial charge in [-0.25, -0.2) is 0 Å². The van der Waals surface area contributed by atoms with Crippen LogP contribution in [0.2, 0.25) is 0 Å². The number of rotatable bonds is 8. The average molecular weight is 291 g/mol. The Hall–Kier alpha value is -1.55. The molecule has 0 aliphatic rings. The van der Waals surface area contributed by atoms with Gasteiger partial charge in [0.15, 0.2) is 0 Å². The first-order valence-electron chi connectivity index (χ1n) is 7.85. The van der Waals surface area contributed by atoms with Gasteiger partial charge in [-0.05, 0) is 52.3 Å². The van der Waals surface area contributed by atoms with Gasteiger partial charge in [0.2, 0.25) is 5.91 Å². The van der Waals surface area contributed by atoms with Crippen LogP contribution < -0.4 is 15.5 Å². The first kappa shape index (κ1) is 17.5. The molecule has 1 rings (SSSR count). The van der Waals surface area contributed by atoms with Crippen LogP contribution in [0.4, 0.5) is 5.69 Å². The molecular weight excluding hydrogens is 262 g/mol. The predicted octanol–water partition coefficient (Wildman–Crippen LogP) is 2.54. The van der Waals surface area contributed by atoms with Crippen molar-refractivity contribution >= 4 is 11.6 Å². The van der Waals surface area contributed by atoms with Crippen molar-refractivity contribution in [3.63, 3.8) is 0 Å². The number of amides is 1. The molecule has 0 aliphatic heterocycles. The van der Waals surface area contributed by atoms with E-state index in [2.05, 4.69) is 53.6 Å². The number of carbonyl (C=O) groups is 1. The summed E-state index contributed by atoms with van der Waals surface area (Å²) in [5.74, 6) is 0.0461. The van der Waals surface area contributed by atoms with Gasteiger partial charge in [-0.3, -0.25) is 4.79 Å². The zero-order valence-corrected chi connectivity index (χ0v) is 13.9. The third kappa shape index (κ3) is 5.76. The molecule has 0 spiro atoms. The Morgan fingerprint density at radius 2 is 1.67 bits per heavy atom. The molecule has 2 N–H and O–H groups in total. The molecule has 0 bridgehead atoms. The number of anilines is 1. The van der Waals surface area contributed by atoms with Crippen LogP contribution in [0.15, 0.2) is 24.3 Å². The second kappa shape index (κ2) is 8.67. The second-order valence-electron chi connectivity index (χ2n) is 5.60. The summed E-state index contributed by atoms with van der Waals surface area (Å²) < 4.78 is 0. The highest BCUT2D eigenvalue weighted by molar-refractivity contribution is 5.81. The van der Waals surface area contributed by atoms with Crippen LogP contribution in [0.5, 0.6) is 0 Å². The van der Waals surface area contributed by atoms with Crippen molar-refractivity contribution in [3.05, 3.63) is 29.8 Å². The van der Waals surface area contributed by atoms with E-state index in [1.54, 1.807) is 0 Å². The van der Waals surface area contributed by atoms with Gasteiger partial charge in [0, 0.05) is 31.4 Å². The molecule has 0 fully saturated rings. The Kier molecular flexibility index (Phi) is 7.23. The van der Waals surface area contributed by atoms with Gasteiger partial charge >= 0.3 is 0 Å². The van der Waals surface area contributed by atoms with E-state index in [-0.39, 0.29) is 18.0 Å². The van der Waals surface area contributed by atoms with Gasteiger partial charge in [0.05, 0.1) is 6.04 Å². The summed E-state index contributed by atoms with van der Waals surface area (Å²) in [5.41, 5.74) is 2.43. The molecule has 118 valence electrons. The fourth-order valence-electron chi connectivity index (χ4n) is 2.19. The highest BCUT2D eigenvalue weighted by atomic mass is 16.2. The van der Waals surface area contributed by atoms with E-state index in [0.717, 1.165) is 13.1 Å². The van der Waals surface area contributed by atoms with Gasteiger partial charge in [-0.1, -0.05) is 12.1 Å². The van der Waals surface area contributed by atoms with Crippen LogP contribution in [-0.4, -0.2) is 31.1 Å². The quantitative estimate of drug-likeness (QED) is 0.773. The number of carbonyl (C=O) groups excluding carboxylic acids is 1. The van der Waals surface area contributed by atoms with Gasteiger partial charge in [0.25, 0.3) is 0 Å². The lowest BCUT2D eigenvalue weighted by Gasteiger charge is -2.21. The molecule has 21 heavy (non-hydrogen) atoms. The topological polar surface area (TPSA) is 44.4 Å². The summed E-state index contributed by atoms with van der Waals surface area (Å²) in [6, 6.07) is 8.51. The first-order chi connectivity index (χ1) is 9.97. The van der Waals surface area contributed by atoms with Crippen LogP contribution in [0, 0.1) is 0 Å². The van der Waals surface area contributed by atoms with Crippen molar-refractivity contribution in [2.75, 3.05) is 18.0 Å². The van der Waals surface area contributed by atoms with Crippen molar-refractivity contribution in [1.82, 2.24) is 10.6 Å². The lowest BCUT2D eigenvalue weighted by atomic mass is 10.1. The van der Waals surface area contributed by atoms with E-state index in [9.17, 15) is 4.79 Å². The minimum absolute atomic E-state index is 0.0461. The second-order valence-corrected chi connectivity index (χ2v) is 5.60. The van der Waals surface area contributed by atoms with Crippen LogP contribution in [0.3, 0.4) is 0 Å². The van der Waals surface area contributed by atoms with Crippen LogP contribution >= 0.6 is 0 Å². The fourth-order valence-corrected chi connectivity index (χ4v) is 2.19. The molecule has 0 aliphatic carbocycles. The standard InChI is InChI=1S/C17H29N3O/c1-6-20(7-2)16-10-8-15(9-11-16)12-18-14(5)17(21)19-13(3)4/h8-11,13-14,18H,6-7,12H2,1-5H3,(H,19,21). The maximum absolute atomic E-state index is 11.8. The number of hydrogen-bond acceptors (Lipinski definition) is 3. The number of nitrogens with one attached hydrogen (secondary N) is 2. The SMILES string of the molecule is CCN(CC)c1ccc(CNC(C)C(=O)NC(C)C)cc1. The molecule has 1 amide bonds. The van der Waals surface area contributed by atoms with Gasteiger partial charge < -0.3 is 15.5 Å². The van der Waals surface area contributed by atoms with Gasteiger partial charge in [0.1, 0.15) is 0 Å². The lowest BCUT2D eigenvalue weighted by Crippen LogP contribution is -2.44. The van der Waals surface area contributed by atoms with Gasteiger partial charge in [-0.15, -0.1) is 0 Å². The zero-order chi connectivity index (χ0) is 15.8. The van der Waals surface area contributed by atoms with Gasteiger partial charge in [-0.2, -0.15) is 0 Å². The predicted molar refractivity (Wildman–Crippen MR) is 89.6 cm³/mol. The summed E-state index contributed by atoms with van der Waals surface area (Å²) in [7, 11) is 0. The molecule has 0 aromatic heterocycles. The third-order valence-electron chi connectivity index (χ3n) is 3.50. The largest absolute Gasteiger partial charge is 0.372 e. The van der Waals surface area contributed by atoms with Crippen LogP contribution in [0.25, 0.3) is 0 Å². The van der Waals surface area contributed by atoms with Crippen molar-refractivity contribution in [2.24, 2.45) is 0 Å². The molecular formula is C17H29N3O. The van der Waals surface area contributed by atoms with Crippen LogP contribution in [0.1, 0.15) is 40.2 Å². The minimum Gasteiger partial charge on any atom is -0.372 e. The first-order valence-corrected chi connectivity index (χ1v) is 7.85. The summed E-state index contributed by atoms with van der Waals surface area (Å²) in [6.45, 7) is 12.9. The Morgan fingerprint density at radius 1 is 1.10 bits per heavy atom. The van der Waals surface area contributed by atoms with E-state index in [1.165, 1.54) is 11.3 Å². The summed E-state index contributed by atoms with van der Waals surface area (Å²) in [6.07, 6.45) is 0. The zero-order valence-electron chi connectivity index (χ0n) is 13.9. The normalized spacial score (nSPS) is 12.3. The lowest BCUT2D eigenvalue weighted by molar-refractivity contribution is -0.123. The van der Waals surface area contributed by atoms with E-state index in [4.69, 9.17) is 0 Å². The fraction of sp³-hybridized carbons (Fsp3) is 0.588. The summed E-state index contributed by atoms with van der Waals surface area (Å²) in [4.78, 5) is 14.1. The number of hydrogen-bond donors (Lipinski definition) is 2. The average Bonchev–Trinajstić information content (AvgIpc) is 2.46. The molecule has 0 saturated carbocycles. The van der Waals surface area contributed by atoms with Crippen molar-refractivity contribution < 1.29 is 4.79 Å². The maximum atomic E-state index is 11.8. The summed E-state index contributed by atoms with van der Waals surface area (Å²) in [5, 5.41) is 6.16. The molecule has 0 heterocycles. The Labute approximate surface area is 128 Å². The van der Waals surface area contributed by atoms with Crippen molar-refractivity contribution in [3.8, 4) is 0 Å². The summed E-state index contributed by atoms with van der Waals surface area (Å²) >= 11 is 0. The molecule has 1 atom stereocenters.